The van der Waals surface area contributed by atoms with Gasteiger partial charge >= 0.3 is 0 Å². The van der Waals surface area contributed by atoms with Crippen molar-refractivity contribution in [3.8, 4) is 17.2 Å². The lowest BCUT2D eigenvalue weighted by Crippen LogP contribution is -2.42. The third-order valence-electron chi connectivity index (χ3n) is 6.19. The number of nitriles is 1. The first-order valence-electron chi connectivity index (χ1n) is 10.7. The van der Waals surface area contributed by atoms with Crippen molar-refractivity contribution in [3.05, 3.63) is 47.3 Å². The molecule has 156 valence electrons. The molecule has 6 heteroatoms. The van der Waals surface area contributed by atoms with E-state index in [4.69, 9.17) is 10.1 Å². The van der Waals surface area contributed by atoms with Crippen LogP contribution in [-0.2, 0) is 6.42 Å². The average Bonchev–Trinajstić information content (AvgIpc) is 3.31. The molecule has 0 bridgehead atoms. The number of anilines is 1. The molecule has 0 amide bonds. The zero-order chi connectivity index (χ0) is 21.5. The second-order valence-electron chi connectivity index (χ2n) is 9.02. The molecular weight excluding hydrogens is 372 g/mol. The van der Waals surface area contributed by atoms with Crippen LogP contribution in [0.4, 0.5) is 5.82 Å². The molecule has 0 aliphatic carbocycles. The molecule has 1 aliphatic heterocycles. The van der Waals surface area contributed by atoms with Gasteiger partial charge in [0.1, 0.15) is 17.5 Å². The maximum Gasteiger partial charge on any atom is 0.176 e. The van der Waals surface area contributed by atoms with E-state index in [0.717, 1.165) is 54.3 Å². The fourth-order valence-corrected chi connectivity index (χ4v) is 4.40. The monoisotopic (exact) mass is 402 g/mol. The topological polar surface area (TPSA) is 69.2 Å². The number of nitrogens with one attached hydrogen (secondary N) is 1. The summed E-state index contributed by atoms with van der Waals surface area (Å²) in [5.74, 6) is 2.28. The molecule has 0 radical (unpaired) electrons. The minimum atomic E-state index is 0.0451. The van der Waals surface area contributed by atoms with Crippen molar-refractivity contribution in [1.29, 1.82) is 5.26 Å². The molecule has 6 nitrogen and oxygen atoms in total. The summed E-state index contributed by atoms with van der Waals surface area (Å²) in [7, 11) is 2.03. The van der Waals surface area contributed by atoms with Gasteiger partial charge in [0.15, 0.2) is 11.5 Å². The number of likely N-dealkylation sites (N-methyl/N-ethyl adjacent to an activating group) is 1. The lowest BCUT2D eigenvalue weighted by atomic mass is 9.97. The number of rotatable bonds is 5. The van der Waals surface area contributed by atoms with E-state index in [1.165, 1.54) is 0 Å². The number of hydrogen-bond acceptors (Lipinski definition) is 5. The lowest BCUT2D eigenvalue weighted by Gasteiger charge is -2.27. The summed E-state index contributed by atoms with van der Waals surface area (Å²) in [6.45, 7) is 10.4. The second kappa shape index (κ2) is 7.73. The summed E-state index contributed by atoms with van der Waals surface area (Å²) >= 11 is 0. The summed E-state index contributed by atoms with van der Waals surface area (Å²) < 4.78 is 1.92. The quantitative estimate of drug-likeness (QED) is 0.699. The summed E-state index contributed by atoms with van der Waals surface area (Å²) in [6, 6.07) is 12.7. The van der Waals surface area contributed by atoms with E-state index in [1.807, 2.05) is 36.7 Å². The molecule has 0 saturated carbocycles. The van der Waals surface area contributed by atoms with Crippen LogP contribution in [0.25, 0.3) is 16.8 Å². The van der Waals surface area contributed by atoms with Crippen LogP contribution in [0.5, 0.6) is 0 Å². The van der Waals surface area contributed by atoms with Crippen molar-refractivity contribution < 1.29 is 0 Å². The number of hydrogen-bond donors (Lipinski definition) is 1. The third kappa shape index (κ3) is 3.44. The second-order valence-corrected chi connectivity index (χ2v) is 9.02. The highest BCUT2D eigenvalue weighted by atomic mass is 15.4. The van der Waals surface area contributed by atoms with Gasteiger partial charge in [-0.25, -0.2) is 4.98 Å². The summed E-state index contributed by atoms with van der Waals surface area (Å²) in [6.07, 6.45) is 1.84. The van der Waals surface area contributed by atoms with Gasteiger partial charge in [0, 0.05) is 30.6 Å². The van der Waals surface area contributed by atoms with Gasteiger partial charge in [-0.2, -0.15) is 9.78 Å². The van der Waals surface area contributed by atoms with Crippen LogP contribution in [0.15, 0.2) is 30.3 Å². The Labute approximate surface area is 178 Å². The van der Waals surface area contributed by atoms with Crippen LogP contribution < -0.4 is 10.2 Å². The number of aromatic nitrogens is 3. The average molecular weight is 403 g/mol. The van der Waals surface area contributed by atoms with Crippen molar-refractivity contribution in [2.24, 2.45) is 5.92 Å². The van der Waals surface area contributed by atoms with Gasteiger partial charge in [-0.05, 0) is 44.4 Å². The van der Waals surface area contributed by atoms with E-state index < -0.39 is 0 Å². The molecule has 4 rings (SSSR count). The van der Waals surface area contributed by atoms with Gasteiger partial charge in [-0.1, -0.05) is 44.2 Å². The number of fused-ring (bicyclic) bond motifs is 1. The van der Waals surface area contributed by atoms with Crippen molar-refractivity contribution >= 4 is 11.5 Å². The maximum atomic E-state index is 10.0. The highest BCUT2D eigenvalue weighted by molar-refractivity contribution is 5.85. The Bertz CT molecular complexity index is 1110. The van der Waals surface area contributed by atoms with Crippen LogP contribution in [0.3, 0.4) is 0 Å². The molecule has 1 N–H and O–H groups in total. The summed E-state index contributed by atoms with van der Waals surface area (Å²) in [5, 5.41) is 18.4. The van der Waals surface area contributed by atoms with Crippen molar-refractivity contribution in [1.82, 2.24) is 19.9 Å². The standard InChI is InChI=1S/C24H30N6/c1-16(2)13-20-27-22-19(14-25)17(3)21(18-9-7-6-8-10-18)23(30(22)28-20)29-12-11-24(4,15-29)26-5/h6-10,16,26H,11-13,15H2,1-5H3/t24-/m0/s1. The molecule has 30 heavy (non-hydrogen) atoms. The van der Waals surface area contributed by atoms with Gasteiger partial charge in [0.05, 0.1) is 0 Å². The van der Waals surface area contributed by atoms with Gasteiger partial charge < -0.3 is 10.2 Å². The highest BCUT2D eigenvalue weighted by Crippen LogP contribution is 2.39. The van der Waals surface area contributed by atoms with Crippen LogP contribution in [0.1, 0.15) is 44.1 Å². The van der Waals surface area contributed by atoms with Gasteiger partial charge in [0.25, 0.3) is 0 Å². The zero-order valence-corrected chi connectivity index (χ0v) is 18.5. The Morgan fingerprint density at radius 1 is 1.27 bits per heavy atom. The van der Waals surface area contributed by atoms with Crippen LogP contribution in [-0.4, -0.2) is 40.3 Å². The molecule has 3 aromatic rings. The first kappa shape index (κ1) is 20.4. The molecule has 0 unspecified atom stereocenters. The Balaban J connectivity index is 2.03. The molecule has 1 saturated heterocycles. The predicted molar refractivity (Wildman–Crippen MR) is 121 cm³/mol. The molecule has 3 heterocycles. The van der Waals surface area contributed by atoms with E-state index in [2.05, 4.69) is 49.2 Å². The molecule has 1 aliphatic rings. The SMILES string of the molecule is CN[C@@]1(C)CCN(c2c(-c3ccccc3)c(C)c(C#N)c3nc(CC(C)C)nn23)C1. The van der Waals surface area contributed by atoms with Crippen molar-refractivity contribution in [2.75, 3.05) is 25.0 Å². The normalized spacial score (nSPS) is 19.0. The Hall–Kier alpha value is -2.91. The highest BCUT2D eigenvalue weighted by Gasteiger charge is 2.36. The lowest BCUT2D eigenvalue weighted by molar-refractivity contribution is 0.428. The molecule has 2 aromatic heterocycles. The van der Waals surface area contributed by atoms with E-state index in [-0.39, 0.29) is 5.54 Å². The first-order valence-corrected chi connectivity index (χ1v) is 10.7. The number of nitrogens with zero attached hydrogens (tertiary/aromatic N) is 5. The Morgan fingerprint density at radius 2 is 2.00 bits per heavy atom. The van der Waals surface area contributed by atoms with E-state index >= 15 is 0 Å². The van der Waals surface area contributed by atoms with Crippen LogP contribution in [0.2, 0.25) is 0 Å². The minimum absolute atomic E-state index is 0.0451. The molecular formula is C24H30N6. The Morgan fingerprint density at radius 3 is 2.60 bits per heavy atom. The van der Waals surface area contributed by atoms with Crippen molar-refractivity contribution in [2.45, 2.75) is 46.1 Å². The fraction of sp³-hybridized carbons (Fsp3) is 0.458. The largest absolute Gasteiger partial charge is 0.354 e. The van der Waals surface area contributed by atoms with Crippen LogP contribution in [0, 0.1) is 24.2 Å². The number of pyridine rings is 1. The smallest absolute Gasteiger partial charge is 0.176 e. The maximum absolute atomic E-state index is 10.0. The molecule has 1 aromatic carbocycles. The molecule has 0 spiro atoms. The number of benzene rings is 1. The summed E-state index contributed by atoms with van der Waals surface area (Å²) in [4.78, 5) is 7.19. The first-order chi connectivity index (χ1) is 14.4. The van der Waals surface area contributed by atoms with E-state index in [9.17, 15) is 5.26 Å². The zero-order valence-electron chi connectivity index (χ0n) is 18.5. The van der Waals surface area contributed by atoms with Gasteiger partial charge in [-0.3, -0.25) is 0 Å². The van der Waals surface area contributed by atoms with Gasteiger partial charge in [-0.15, -0.1) is 5.10 Å². The third-order valence-corrected chi connectivity index (χ3v) is 6.19. The molecule has 1 fully saturated rings. The van der Waals surface area contributed by atoms with Gasteiger partial charge in [0.2, 0.25) is 0 Å². The van der Waals surface area contributed by atoms with E-state index in [0.29, 0.717) is 17.1 Å². The predicted octanol–water partition coefficient (Wildman–Crippen LogP) is 3.96. The minimum Gasteiger partial charge on any atom is -0.354 e. The van der Waals surface area contributed by atoms with Crippen molar-refractivity contribution in [3.63, 3.8) is 0 Å². The fourth-order valence-electron chi connectivity index (χ4n) is 4.40. The summed E-state index contributed by atoms with van der Waals surface area (Å²) in [5.41, 5.74) is 4.45. The van der Waals surface area contributed by atoms with Crippen LogP contribution >= 0.6 is 0 Å². The molecule has 1 atom stereocenters. The Kier molecular flexibility index (Phi) is 5.25. The van der Waals surface area contributed by atoms with E-state index in [1.54, 1.807) is 0 Å².